The molecule has 0 radical (unpaired) electrons. The second-order valence-corrected chi connectivity index (χ2v) is 4.63. The second kappa shape index (κ2) is 6.77. The lowest BCUT2D eigenvalue weighted by molar-refractivity contribution is 0.307. The number of rotatable bonds is 5. The number of hydrogen-bond donors (Lipinski definition) is 2. The van der Waals surface area contributed by atoms with E-state index in [1.807, 2.05) is 13.0 Å². The van der Waals surface area contributed by atoms with Gasteiger partial charge < -0.3 is 15.8 Å². The molecule has 0 spiro atoms. The van der Waals surface area contributed by atoms with Crippen LogP contribution in [-0.4, -0.2) is 16.6 Å². The monoisotopic (exact) mass is 303 g/mol. The first-order valence-corrected chi connectivity index (χ1v) is 6.73. The van der Waals surface area contributed by atoms with Crippen molar-refractivity contribution < 1.29 is 4.74 Å². The summed E-state index contributed by atoms with van der Waals surface area (Å²) in [7, 11) is 0. The van der Waals surface area contributed by atoms with E-state index in [9.17, 15) is 0 Å². The number of hydrogen-bond acceptors (Lipinski definition) is 6. The number of anilines is 3. The molecule has 0 saturated heterocycles. The molecule has 0 saturated carbocycles. The Kier molecular flexibility index (Phi) is 4.80. The summed E-state index contributed by atoms with van der Waals surface area (Å²) in [5.41, 5.74) is 7.36. The lowest BCUT2D eigenvalue weighted by atomic mass is 10.2. The standard InChI is InChI=1S/C14H14ClN5O/c1-2-5-21-14-12(17)13(18-8-19-14)20-11-4-3-9(7-16)6-10(11)15/h3-4,6,8H,2,5,17H2,1H3,(H,18,19,20). The molecule has 2 rings (SSSR count). The van der Waals surface area contributed by atoms with E-state index in [0.29, 0.717) is 40.3 Å². The van der Waals surface area contributed by atoms with Crippen LogP contribution in [0.4, 0.5) is 17.2 Å². The average Bonchev–Trinajstić information content (AvgIpc) is 2.50. The van der Waals surface area contributed by atoms with Gasteiger partial charge in [-0.15, -0.1) is 0 Å². The molecule has 1 aromatic carbocycles. The first-order valence-electron chi connectivity index (χ1n) is 6.35. The maximum Gasteiger partial charge on any atom is 0.242 e. The molecule has 108 valence electrons. The van der Waals surface area contributed by atoms with Gasteiger partial charge in [-0.05, 0) is 24.6 Å². The van der Waals surface area contributed by atoms with Crippen molar-refractivity contribution in [3.63, 3.8) is 0 Å². The van der Waals surface area contributed by atoms with Gasteiger partial charge in [-0.3, -0.25) is 0 Å². The van der Waals surface area contributed by atoms with E-state index in [4.69, 9.17) is 27.3 Å². The maximum absolute atomic E-state index is 8.82. The van der Waals surface area contributed by atoms with Gasteiger partial charge in [0, 0.05) is 0 Å². The molecule has 0 aliphatic rings. The van der Waals surface area contributed by atoms with Gasteiger partial charge in [-0.1, -0.05) is 18.5 Å². The number of nitrogens with zero attached hydrogens (tertiary/aromatic N) is 3. The van der Waals surface area contributed by atoms with Crippen LogP contribution in [0.2, 0.25) is 5.02 Å². The third kappa shape index (κ3) is 3.52. The van der Waals surface area contributed by atoms with Gasteiger partial charge in [0.1, 0.15) is 12.0 Å². The van der Waals surface area contributed by atoms with Gasteiger partial charge in [-0.25, -0.2) is 4.98 Å². The normalized spacial score (nSPS) is 9.95. The summed E-state index contributed by atoms with van der Waals surface area (Å²) in [5.74, 6) is 0.738. The van der Waals surface area contributed by atoms with Crippen molar-refractivity contribution >= 4 is 28.8 Å². The van der Waals surface area contributed by atoms with Gasteiger partial charge in [0.25, 0.3) is 0 Å². The highest BCUT2D eigenvalue weighted by Gasteiger charge is 2.11. The maximum atomic E-state index is 8.82. The molecule has 0 unspecified atom stereocenters. The van der Waals surface area contributed by atoms with E-state index < -0.39 is 0 Å². The van der Waals surface area contributed by atoms with Crippen LogP contribution in [0.25, 0.3) is 0 Å². The summed E-state index contributed by atoms with van der Waals surface area (Å²) in [6.45, 7) is 2.52. The smallest absolute Gasteiger partial charge is 0.242 e. The molecular weight excluding hydrogens is 290 g/mol. The van der Waals surface area contributed by atoms with E-state index in [2.05, 4.69) is 15.3 Å². The number of benzene rings is 1. The van der Waals surface area contributed by atoms with Crippen molar-refractivity contribution in [3.05, 3.63) is 35.1 Å². The van der Waals surface area contributed by atoms with Crippen molar-refractivity contribution in [1.82, 2.24) is 9.97 Å². The summed E-state index contributed by atoms with van der Waals surface area (Å²) < 4.78 is 5.44. The number of aromatic nitrogens is 2. The fourth-order valence-corrected chi connectivity index (χ4v) is 1.83. The zero-order valence-electron chi connectivity index (χ0n) is 11.4. The minimum absolute atomic E-state index is 0.311. The molecule has 0 fully saturated rings. The number of halogens is 1. The minimum atomic E-state index is 0.311. The van der Waals surface area contributed by atoms with Crippen molar-refractivity contribution in [2.45, 2.75) is 13.3 Å². The van der Waals surface area contributed by atoms with Crippen LogP contribution in [0, 0.1) is 11.3 Å². The van der Waals surface area contributed by atoms with Crippen LogP contribution in [0.5, 0.6) is 5.88 Å². The predicted octanol–water partition coefficient (Wildman–Crippen LogP) is 3.12. The summed E-state index contributed by atoms with van der Waals surface area (Å²) in [6, 6.07) is 6.93. The lowest BCUT2D eigenvalue weighted by Gasteiger charge is -2.12. The Morgan fingerprint density at radius 1 is 1.43 bits per heavy atom. The highest BCUT2D eigenvalue weighted by Crippen LogP contribution is 2.31. The Labute approximate surface area is 127 Å². The molecule has 0 aliphatic carbocycles. The molecule has 0 atom stereocenters. The number of ether oxygens (including phenoxy) is 1. The number of nitrogens with two attached hydrogens (primary N) is 1. The zero-order valence-corrected chi connectivity index (χ0v) is 12.2. The van der Waals surface area contributed by atoms with Gasteiger partial charge in [-0.2, -0.15) is 10.2 Å². The molecule has 0 aliphatic heterocycles. The van der Waals surface area contributed by atoms with E-state index in [1.54, 1.807) is 18.2 Å². The number of nitrogen functional groups attached to an aromatic ring is 1. The Morgan fingerprint density at radius 2 is 2.24 bits per heavy atom. The molecule has 2 aromatic rings. The van der Waals surface area contributed by atoms with Crippen LogP contribution in [0.3, 0.4) is 0 Å². The quantitative estimate of drug-likeness (QED) is 0.881. The fraction of sp³-hybridized carbons (Fsp3) is 0.214. The van der Waals surface area contributed by atoms with Crippen LogP contribution in [0.15, 0.2) is 24.5 Å². The molecule has 0 bridgehead atoms. The molecule has 1 heterocycles. The molecule has 1 aromatic heterocycles. The van der Waals surface area contributed by atoms with Gasteiger partial charge in [0.2, 0.25) is 5.88 Å². The van der Waals surface area contributed by atoms with Crippen LogP contribution < -0.4 is 15.8 Å². The molecule has 3 N–H and O–H groups in total. The lowest BCUT2D eigenvalue weighted by Crippen LogP contribution is -2.06. The van der Waals surface area contributed by atoms with Crippen molar-refractivity contribution in [3.8, 4) is 11.9 Å². The largest absolute Gasteiger partial charge is 0.476 e. The third-order valence-corrected chi connectivity index (χ3v) is 2.95. The third-order valence-electron chi connectivity index (χ3n) is 2.64. The molecule has 7 heteroatoms. The predicted molar refractivity (Wildman–Crippen MR) is 81.7 cm³/mol. The Morgan fingerprint density at radius 3 is 2.90 bits per heavy atom. The number of nitrogens with one attached hydrogen (secondary N) is 1. The Bertz CT molecular complexity index is 684. The topological polar surface area (TPSA) is 96.9 Å². The first kappa shape index (κ1) is 14.9. The van der Waals surface area contributed by atoms with E-state index in [1.165, 1.54) is 6.33 Å². The molecular formula is C14H14ClN5O. The molecule has 21 heavy (non-hydrogen) atoms. The van der Waals surface area contributed by atoms with Crippen LogP contribution >= 0.6 is 11.6 Å². The summed E-state index contributed by atoms with van der Waals surface area (Å²) in [5, 5.41) is 12.2. The summed E-state index contributed by atoms with van der Waals surface area (Å²) >= 11 is 6.10. The Hall–Kier alpha value is -2.52. The molecule has 0 amide bonds. The van der Waals surface area contributed by atoms with Gasteiger partial charge in [0.05, 0.1) is 28.9 Å². The van der Waals surface area contributed by atoms with Crippen molar-refractivity contribution in [2.75, 3.05) is 17.7 Å². The Balaban J connectivity index is 2.26. The van der Waals surface area contributed by atoms with Crippen molar-refractivity contribution in [1.29, 1.82) is 5.26 Å². The highest BCUT2D eigenvalue weighted by atomic mass is 35.5. The highest BCUT2D eigenvalue weighted by molar-refractivity contribution is 6.33. The second-order valence-electron chi connectivity index (χ2n) is 4.22. The minimum Gasteiger partial charge on any atom is -0.476 e. The van der Waals surface area contributed by atoms with E-state index in [-0.39, 0.29) is 0 Å². The van der Waals surface area contributed by atoms with Gasteiger partial charge >= 0.3 is 0 Å². The SMILES string of the molecule is CCCOc1ncnc(Nc2ccc(C#N)cc2Cl)c1N. The first-order chi connectivity index (χ1) is 10.2. The van der Waals surface area contributed by atoms with Crippen LogP contribution in [-0.2, 0) is 0 Å². The summed E-state index contributed by atoms with van der Waals surface area (Å²) in [4.78, 5) is 8.07. The van der Waals surface area contributed by atoms with E-state index >= 15 is 0 Å². The average molecular weight is 304 g/mol. The fourth-order valence-electron chi connectivity index (χ4n) is 1.61. The van der Waals surface area contributed by atoms with Crippen LogP contribution in [0.1, 0.15) is 18.9 Å². The summed E-state index contributed by atoms with van der Waals surface area (Å²) in [6.07, 6.45) is 2.22. The zero-order chi connectivity index (χ0) is 15.2. The van der Waals surface area contributed by atoms with E-state index in [0.717, 1.165) is 6.42 Å². The number of nitriles is 1. The van der Waals surface area contributed by atoms with Gasteiger partial charge in [0.15, 0.2) is 5.82 Å². The molecule has 6 nitrogen and oxygen atoms in total. The van der Waals surface area contributed by atoms with Crippen molar-refractivity contribution in [2.24, 2.45) is 0 Å².